The van der Waals surface area contributed by atoms with Crippen molar-refractivity contribution in [2.45, 2.75) is 6.18 Å². The Bertz CT molecular complexity index is 1090. The van der Waals surface area contributed by atoms with Crippen LogP contribution in [0.25, 0.3) is 0 Å². The van der Waals surface area contributed by atoms with Crippen molar-refractivity contribution in [1.82, 2.24) is 5.32 Å². The summed E-state index contributed by atoms with van der Waals surface area (Å²) in [5, 5.41) is 4.35. The van der Waals surface area contributed by atoms with Crippen LogP contribution in [-0.4, -0.2) is 18.2 Å². The van der Waals surface area contributed by atoms with Crippen molar-refractivity contribution >= 4 is 23.0 Å². The van der Waals surface area contributed by atoms with Gasteiger partial charge < -0.3 is 5.32 Å². The van der Waals surface area contributed by atoms with E-state index < -0.39 is 17.6 Å². The Hall–Kier alpha value is -3.37. The summed E-state index contributed by atoms with van der Waals surface area (Å²) in [5.41, 5.74) is -0.0956. The topological polar surface area (TPSA) is 46.2 Å². The third-order valence-corrected chi connectivity index (χ3v) is 4.79. The van der Waals surface area contributed by atoms with E-state index in [-0.39, 0.29) is 29.0 Å². The summed E-state index contributed by atoms with van der Waals surface area (Å²) < 4.78 is 38.2. The van der Waals surface area contributed by atoms with Gasteiger partial charge in [-0.05, 0) is 35.7 Å². The zero-order valence-corrected chi connectivity index (χ0v) is 15.7. The van der Waals surface area contributed by atoms with Crippen LogP contribution in [0.15, 0.2) is 66.0 Å². The average Bonchev–Trinajstić information content (AvgIpc) is 3.25. The van der Waals surface area contributed by atoms with E-state index in [4.69, 9.17) is 0 Å². The highest BCUT2D eigenvalue weighted by Gasteiger charge is 2.30. The van der Waals surface area contributed by atoms with Crippen molar-refractivity contribution in [1.29, 1.82) is 0 Å². The molecule has 1 aromatic heterocycles. The molecule has 0 aliphatic heterocycles. The summed E-state index contributed by atoms with van der Waals surface area (Å²) >= 11 is 1.28. The molecule has 29 heavy (non-hydrogen) atoms. The van der Waals surface area contributed by atoms with E-state index >= 15 is 0 Å². The lowest BCUT2D eigenvalue weighted by Gasteiger charge is -2.07. The third-order valence-electron chi connectivity index (χ3n) is 3.92. The zero-order chi connectivity index (χ0) is 20.9. The highest BCUT2D eigenvalue weighted by Crippen LogP contribution is 2.29. The number of carbonyl (C=O) groups excluding carboxylic acids is 2. The van der Waals surface area contributed by atoms with E-state index in [1.807, 2.05) is 0 Å². The second-order valence-electron chi connectivity index (χ2n) is 5.92. The van der Waals surface area contributed by atoms with Crippen LogP contribution in [0.1, 0.15) is 36.7 Å². The van der Waals surface area contributed by atoms with Crippen LogP contribution in [0.5, 0.6) is 0 Å². The number of carbonyl (C=O) groups is 2. The molecule has 0 atom stereocenters. The van der Waals surface area contributed by atoms with Gasteiger partial charge in [-0.25, -0.2) is 0 Å². The Morgan fingerprint density at radius 3 is 2.41 bits per heavy atom. The summed E-state index contributed by atoms with van der Waals surface area (Å²) in [4.78, 5) is 25.6. The monoisotopic (exact) mass is 413 g/mol. The molecule has 1 heterocycles. The molecule has 1 N–H and O–H groups in total. The van der Waals surface area contributed by atoms with Crippen LogP contribution < -0.4 is 5.32 Å². The molecule has 0 saturated heterocycles. The molecule has 0 bridgehead atoms. The molecule has 3 rings (SSSR count). The fraction of sp³-hybridized carbons (Fsp3) is 0.0909. The minimum absolute atomic E-state index is 0.0728. The van der Waals surface area contributed by atoms with Crippen LogP contribution in [0, 0.1) is 11.8 Å². The molecule has 3 aromatic rings. The molecule has 3 nitrogen and oxygen atoms in total. The van der Waals surface area contributed by atoms with Gasteiger partial charge in [-0.15, -0.1) is 11.3 Å². The van der Waals surface area contributed by atoms with E-state index in [1.165, 1.54) is 29.5 Å². The third kappa shape index (κ3) is 5.12. The first-order chi connectivity index (χ1) is 13.9. The van der Waals surface area contributed by atoms with Crippen LogP contribution in [0.4, 0.5) is 13.2 Å². The van der Waals surface area contributed by atoms with E-state index in [0.29, 0.717) is 4.88 Å². The number of amides is 1. The minimum atomic E-state index is -4.44. The number of thiophene rings is 1. The number of halogens is 3. The first-order valence-corrected chi connectivity index (χ1v) is 9.36. The Morgan fingerprint density at radius 1 is 0.966 bits per heavy atom. The summed E-state index contributed by atoms with van der Waals surface area (Å²) in [5.74, 6) is 4.49. The van der Waals surface area contributed by atoms with E-state index in [2.05, 4.69) is 17.2 Å². The standard InChI is InChI=1S/C22H14F3NO2S/c23-22(24,25)16-8-3-6-15(14-16)7-4-12-26-21(28)18-10-2-1-9-17(18)20(27)19-11-5-13-29-19/h1-3,5-6,8-11,13-14H,12H2,(H,26,28). The zero-order valence-electron chi connectivity index (χ0n) is 14.9. The summed E-state index contributed by atoms with van der Waals surface area (Å²) in [6.07, 6.45) is -4.44. The number of rotatable bonds is 4. The number of ketones is 1. The lowest BCUT2D eigenvalue weighted by Crippen LogP contribution is -2.25. The fourth-order valence-electron chi connectivity index (χ4n) is 2.56. The molecule has 2 aromatic carbocycles. The molecule has 0 aliphatic rings. The van der Waals surface area contributed by atoms with Gasteiger partial charge in [0, 0.05) is 11.1 Å². The average molecular weight is 413 g/mol. The Labute approximate surface area is 169 Å². The van der Waals surface area contributed by atoms with Crippen molar-refractivity contribution < 1.29 is 22.8 Å². The Kier molecular flexibility index (Phi) is 6.15. The van der Waals surface area contributed by atoms with Crippen molar-refractivity contribution in [3.63, 3.8) is 0 Å². The maximum Gasteiger partial charge on any atom is 0.416 e. The molecule has 0 aliphatic carbocycles. The molecule has 1 amide bonds. The highest BCUT2D eigenvalue weighted by atomic mass is 32.1. The lowest BCUT2D eigenvalue weighted by molar-refractivity contribution is -0.137. The highest BCUT2D eigenvalue weighted by molar-refractivity contribution is 7.12. The predicted molar refractivity (Wildman–Crippen MR) is 105 cm³/mol. The molecule has 0 fully saturated rings. The van der Waals surface area contributed by atoms with Crippen LogP contribution in [0.3, 0.4) is 0 Å². The number of benzene rings is 2. The van der Waals surface area contributed by atoms with Gasteiger partial charge in [-0.3, -0.25) is 9.59 Å². The molecule has 0 saturated carbocycles. The molecular weight excluding hydrogens is 399 g/mol. The maximum atomic E-state index is 12.7. The number of alkyl halides is 3. The van der Waals surface area contributed by atoms with Crippen LogP contribution in [-0.2, 0) is 6.18 Å². The van der Waals surface area contributed by atoms with Crippen LogP contribution in [0.2, 0.25) is 0 Å². The van der Waals surface area contributed by atoms with Crippen molar-refractivity contribution in [3.8, 4) is 11.8 Å². The number of hydrogen-bond donors (Lipinski definition) is 1. The molecule has 146 valence electrons. The first kappa shape index (κ1) is 20.4. The van der Waals surface area contributed by atoms with Gasteiger partial charge in [0.05, 0.1) is 22.5 Å². The molecular formula is C22H14F3NO2S. The SMILES string of the molecule is O=C(NCC#Cc1cccc(C(F)(F)F)c1)c1ccccc1C(=O)c1cccs1. The fourth-order valence-corrected chi connectivity index (χ4v) is 3.24. The largest absolute Gasteiger partial charge is 0.416 e. The van der Waals surface area contributed by atoms with Crippen LogP contribution >= 0.6 is 11.3 Å². The second kappa shape index (κ2) is 8.76. The quantitative estimate of drug-likeness (QED) is 0.494. The van der Waals surface area contributed by atoms with Gasteiger partial charge in [0.1, 0.15) is 0 Å². The number of hydrogen-bond acceptors (Lipinski definition) is 3. The van der Waals surface area contributed by atoms with Crippen molar-refractivity contribution in [2.75, 3.05) is 6.54 Å². The van der Waals surface area contributed by atoms with E-state index in [1.54, 1.807) is 35.7 Å². The minimum Gasteiger partial charge on any atom is -0.341 e. The molecule has 0 spiro atoms. The summed E-state index contributed by atoms with van der Waals surface area (Å²) in [7, 11) is 0. The van der Waals surface area contributed by atoms with Gasteiger partial charge in [-0.1, -0.05) is 42.2 Å². The Morgan fingerprint density at radius 2 is 1.72 bits per heavy atom. The van der Waals surface area contributed by atoms with Gasteiger partial charge >= 0.3 is 6.18 Å². The Balaban J connectivity index is 1.69. The van der Waals surface area contributed by atoms with Gasteiger partial charge in [0.15, 0.2) is 0 Å². The second-order valence-corrected chi connectivity index (χ2v) is 6.86. The van der Waals surface area contributed by atoms with Crippen molar-refractivity contribution in [2.24, 2.45) is 0 Å². The maximum absolute atomic E-state index is 12.7. The van der Waals surface area contributed by atoms with Crippen molar-refractivity contribution in [3.05, 3.63) is 93.2 Å². The predicted octanol–water partition coefficient (Wildman–Crippen LogP) is 4.78. The summed E-state index contributed by atoms with van der Waals surface area (Å²) in [6.45, 7) is -0.0728. The first-order valence-electron chi connectivity index (χ1n) is 8.48. The smallest absolute Gasteiger partial charge is 0.341 e. The molecule has 7 heteroatoms. The number of nitrogens with one attached hydrogen (secondary N) is 1. The van der Waals surface area contributed by atoms with E-state index in [0.717, 1.165) is 12.1 Å². The normalized spacial score (nSPS) is 10.7. The molecule has 0 unspecified atom stereocenters. The van der Waals surface area contributed by atoms with Gasteiger partial charge in [-0.2, -0.15) is 13.2 Å². The summed E-state index contributed by atoms with van der Waals surface area (Å²) in [6, 6.07) is 14.5. The van der Waals surface area contributed by atoms with E-state index in [9.17, 15) is 22.8 Å². The van der Waals surface area contributed by atoms with Gasteiger partial charge in [0.25, 0.3) is 5.91 Å². The lowest BCUT2D eigenvalue weighted by atomic mass is 10.0. The van der Waals surface area contributed by atoms with Gasteiger partial charge in [0.2, 0.25) is 5.78 Å². The molecule has 0 radical (unpaired) electrons.